The average Bonchev–Trinajstić information content (AvgIpc) is 2.84. The molecule has 3 aromatic rings. The zero-order valence-corrected chi connectivity index (χ0v) is 17.8. The van der Waals surface area contributed by atoms with E-state index in [2.05, 4.69) is 4.72 Å². The molecule has 0 bridgehead atoms. The highest BCUT2D eigenvalue weighted by Gasteiger charge is 2.26. The number of hydrogen-bond acceptors (Lipinski definition) is 3. The number of sulfonamides is 1. The minimum atomic E-state index is -3.93. The molecule has 148 valence electrons. The summed E-state index contributed by atoms with van der Waals surface area (Å²) in [4.78, 5) is 13.3. The van der Waals surface area contributed by atoms with Crippen molar-refractivity contribution >= 4 is 15.7 Å². The van der Waals surface area contributed by atoms with Gasteiger partial charge in [0, 0.05) is 7.05 Å². The molecule has 0 fully saturated rings. The zero-order valence-electron chi connectivity index (χ0n) is 17.0. The van der Waals surface area contributed by atoms with Gasteiger partial charge >= 0.3 is 0 Å². The van der Waals surface area contributed by atoms with E-state index in [0.29, 0.717) is 22.5 Å². The minimum absolute atomic E-state index is 0.0595. The maximum atomic E-state index is 13.2. The van der Waals surface area contributed by atoms with Crippen LogP contribution in [0.15, 0.2) is 46.1 Å². The van der Waals surface area contributed by atoms with E-state index < -0.39 is 15.6 Å². The van der Waals surface area contributed by atoms with E-state index in [0.717, 1.165) is 11.1 Å². The van der Waals surface area contributed by atoms with Crippen molar-refractivity contribution in [3.8, 4) is 5.69 Å². The summed E-state index contributed by atoms with van der Waals surface area (Å²) in [5.41, 5.74) is 4.03. The summed E-state index contributed by atoms with van der Waals surface area (Å²) in [5.74, 6) is 0. The molecule has 0 amide bonds. The number of para-hydroxylation sites is 1. The van der Waals surface area contributed by atoms with E-state index in [1.807, 2.05) is 38.1 Å². The van der Waals surface area contributed by atoms with E-state index in [4.69, 9.17) is 0 Å². The Morgan fingerprint density at radius 2 is 1.43 bits per heavy atom. The Bertz CT molecular complexity index is 1190. The van der Waals surface area contributed by atoms with Gasteiger partial charge in [-0.15, -0.1) is 0 Å². The third-order valence-corrected chi connectivity index (χ3v) is 6.98. The van der Waals surface area contributed by atoms with E-state index in [1.165, 1.54) is 4.68 Å². The van der Waals surface area contributed by atoms with Gasteiger partial charge in [-0.3, -0.25) is 14.2 Å². The van der Waals surface area contributed by atoms with Crippen LogP contribution in [-0.2, 0) is 17.1 Å². The molecular weight excluding hydrogens is 374 g/mol. The monoisotopic (exact) mass is 399 g/mol. The summed E-state index contributed by atoms with van der Waals surface area (Å²) in [5, 5.41) is 0. The molecule has 1 N–H and O–H groups in total. The van der Waals surface area contributed by atoms with E-state index in [1.54, 1.807) is 44.6 Å². The highest BCUT2D eigenvalue weighted by molar-refractivity contribution is 7.92. The van der Waals surface area contributed by atoms with Gasteiger partial charge in [0.05, 0.1) is 16.3 Å². The molecule has 2 aromatic carbocycles. The lowest BCUT2D eigenvalue weighted by molar-refractivity contribution is 0.599. The first-order chi connectivity index (χ1) is 13.1. The van der Waals surface area contributed by atoms with Crippen LogP contribution >= 0.6 is 0 Å². The Morgan fingerprint density at radius 1 is 0.893 bits per heavy atom. The van der Waals surface area contributed by atoms with Gasteiger partial charge in [0.25, 0.3) is 15.6 Å². The Hall–Kier alpha value is -2.80. The molecule has 3 rings (SSSR count). The smallest absolute Gasteiger partial charge is 0.283 e. The van der Waals surface area contributed by atoms with E-state index in [-0.39, 0.29) is 10.6 Å². The molecule has 1 aromatic heterocycles. The molecule has 0 aliphatic carbocycles. The summed E-state index contributed by atoms with van der Waals surface area (Å²) in [7, 11) is -2.20. The molecule has 28 heavy (non-hydrogen) atoms. The molecule has 0 unspecified atom stereocenters. The average molecular weight is 400 g/mol. The van der Waals surface area contributed by atoms with Gasteiger partial charge in [0.2, 0.25) is 0 Å². The maximum Gasteiger partial charge on any atom is 0.296 e. The van der Waals surface area contributed by atoms with Crippen LogP contribution in [0.4, 0.5) is 5.69 Å². The molecule has 0 aliphatic heterocycles. The fourth-order valence-electron chi connectivity index (χ4n) is 3.46. The number of benzene rings is 2. The lowest BCUT2D eigenvalue weighted by atomic mass is 10.0. The van der Waals surface area contributed by atoms with Crippen LogP contribution in [0.5, 0.6) is 0 Å². The van der Waals surface area contributed by atoms with Gasteiger partial charge in [-0.2, -0.15) is 0 Å². The minimum Gasteiger partial charge on any atom is -0.283 e. The standard InChI is InChI=1S/C21H25N3O3S/c1-13-12-14(2)16(4)20(15(13)3)28(26,27)22-19-17(5)23(6)24(21(19)25)18-10-8-7-9-11-18/h7-12,22H,1-6H3. The second-order valence-corrected chi connectivity index (χ2v) is 8.75. The quantitative estimate of drug-likeness (QED) is 0.730. The van der Waals surface area contributed by atoms with Crippen LogP contribution in [-0.4, -0.2) is 17.8 Å². The van der Waals surface area contributed by atoms with Gasteiger partial charge in [-0.05, 0) is 69.0 Å². The molecule has 1 heterocycles. The molecular formula is C21H25N3O3S. The molecule has 0 radical (unpaired) electrons. The summed E-state index contributed by atoms with van der Waals surface area (Å²) < 4.78 is 32.1. The highest BCUT2D eigenvalue weighted by Crippen LogP contribution is 2.28. The first-order valence-electron chi connectivity index (χ1n) is 9.00. The molecule has 7 heteroatoms. The summed E-state index contributed by atoms with van der Waals surface area (Å²) in [6.45, 7) is 9.07. The third kappa shape index (κ3) is 3.16. The Labute approximate surface area is 165 Å². The summed E-state index contributed by atoms with van der Waals surface area (Å²) in [6, 6.07) is 11.1. The van der Waals surface area contributed by atoms with Crippen LogP contribution in [0.25, 0.3) is 5.69 Å². The zero-order chi connectivity index (χ0) is 20.8. The number of anilines is 1. The molecule has 0 aliphatic rings. The van der Waals surface area contributed by atoms with Crippen LogP contribution < -0.4 is 10.3 Å². The lowest BCUT2D eigenvalue weighted by Gasteiger charge is -2.16. The van der Waals surface area contributed by atoms with Crippen molar-refractivity contribution in [1.82, 2.24) is 9.36 Å². The van der Waals surface area contributed by atoms with Crippen molar-refractivity contribution in [1.29, 1.82) is 0 Å². The highest BCUT2D eigenvalue weighted by atomic mass is 32.2. The largest absolute Gasteiger partial charge is 0.296 e. The summed E-state index contributed by atoms with van der Waals surface area (Å²) in [6.07, 6.45) is 0. The van der Waals surface area contributed by atoms with Crippen LogP contribution in [0.1, 0.15) is 27.9 Å². The normalized spacial score (nSPS) is 11.6. The fraction of sp³-hybridized carbons (Fsp3) is 0.286. The lowest BCUT2D eigenvalue weighted by Crippen LogP contribution is -2.24. The fourth-order valence-corrected chi connectivity index (χ4v) is 5.19. The number of aromatic nitrogens is 2. The molecule has 0 atom stereocenters. The Kier molecular flexibility index (Phi) is 4.97. The molecule has 0 saturated carbocycles. The predicted octanol–water partition coefficient (Wildman–Crippen LogP) is 3.52. The van der Waals surface area contributed by atoms with Crippen LogP contribution in [0.2, 0.25) is 0 Å². The van der Waals surface area contributed by atoms with Gasteiger partial charge < -0.3 is 0 Å². The number of hydrogen-bond donors (Lipinski definition) is 1. The van der Waals surface area contributed by atoms with Crippen molar-refractivity contribution in [3.63, 3.8) is 0 Å². The first-order valence-corrected chi connectivity index (χ1v) is 10.5. The van der Waals surface area contributed by atoms with Crippen molar-refractivity contribution in [2.75, 3.05) is 4.72 Å². The number of rotatable bonds is 4. The van der Waals surface area contributed by atoms with Crippen LogP contribution in [0, 0.1) is 34.6 Å². The Balaban J connectivity index is 2.17. The van der Waals surface area contributed by atoms with Crippen molar-refractivity contribution in [3.05, 3.63) is 74.7 Å². The van der Waals surface area contributed by atoms with Crippen molar-refractivity contribution in [2.24, 2.45) is 7.05 Å². The Morgan fingerprint density at radius 3 is 1.96 bits per heavy atom. The first kappa shape index (κ1) is 19.9. The van der Waals surface area contributed by atoms with Crippen molar-refractivity contribution in [2.45, 2.75) is 39.5 Å². The topological polar surface area (TPSA) is 73.1 Å². The van der Waals surface area contributed by atoms with Gasteiger partial charge in [0.15, 0.2) is 0 Å². The molecule has 0 saturated heterocycles. The van der Waals surface area contributed by atoms with Gasteiger partial charge in [-0.25, -0.2) is 13.1 Å². The molecule has 6 nitrogen and oxygen atoms in total. The van der Waals surface area contributed by atoms with Crippen LogP contribution in [0.3, 0.4) is 0 Å². The number of nitrogens with one attached hydrogen (secondary N) is 1. The third-order valence-electron chi connectivity index (χ3n) is 5.36. The SMILES string of the molecule is Cc1cc(C)c(C)c(S(=O)(=O)Nc2c(C)n(C)n(-c3ccccc3)c2=O)c1C. The number of aryl methyl sites for hydroxylation is 2. The van der Waals surface area contributed by atoms with E-state index in [9.17, 15) is 13.2 Å². The van der Waals surface area contributed by atoms with E-state index >= 15 is 0 Å². The number of nitrogens with zero attached hydrogens (tertiary/aromatic N) is 2. The van der Waals surface area contributed by atoms with Gasteiger partial charge in [-0.1, -0.05) is 24.3 Å². The second-order valence-electron chi connectivity index (χ2n) is 7.13. The summed E-state index contributed by atoms with van der Waals surface area (Å²) >= 11 is 0. The van der Waals surface area contributed by atoms with Gasteiger partial charge in [0.1, 0.15) is 5.69 Å². The van der Waals surface area contributed by atoms with Crippen molar-refractivity contribution < 1.29 is 8.42 Å². The second kappa shape index (κ2) is 6.98. The predicted molar refractivity (Wildman–Crippen MR) is 112 cm³/mol. The maximum absolute atomic E-state index is 13.2. The molecule has 0 spiro atoms.